The van der Waals surface area contributed by atoms with Crippen LogP contribution in [0.3, 0.4) is 0 Å². The van der Waals surface area contributed by atoms with E-state index in [4.69, 9.17) is 21.1 Å². The van der Waals surface area contributed by atoms with Crippen LogP contribution in [-0.2, 0) is 9.59 Å². The number of ether oxygens (including phenoxy) is 2. The molecule has 0 unspecified atom stereocenters. The maximum absolute atomic E-state index is 13.2. The predicted octanol–water partition coefficient (Wildman–Crippen LogP) is 5.01. The average Bonchev–Trinajstić information content (AvgIpc) is 3.09. The Balaban J connectivity index is 1.57. The van der Waals surface area contributed by atoms with E-state index in [1.165, 1.54) is 14.2 Å². The fraction of sp³-hybridized carbons (Fsp3) is 0.148. The van der Waals surface area contributed by atoms with Gasteiger partial charge in [0.2, 0.25) is 0 Å². The number of amides is 3. The summed E-state index contributed by atoms with van der Waals surface area (Å²) < 4.78 is 10.5. The molecule has 9 heteroatoms. The fourth-order valence-corrected chi connectivity index (χ4v) is 3.98. The third-order valence-corrected chi connectivity index (χ3v) is 6.25. The smallest absolute Gasteiger partial charge is 0.283 e. The van der Waals surface area contributed by atoms with Crippen molar-refractivity contribution in [3.05, 3.63) is 88.1 Å². The molecule has 1 aliphatic rings. The highest BCUT2D eigenvalue weighted by Crippen LogP contribution is 2.37. The zero-order valence-electron chi connectivity index (χ0n) is 20.1. The van der Waals surface area contributed by atoms with Crippen LogP contribution in [0.5, 0.6) is 11.5 Å². The quantitative estimate of drug-likeness (QED) is 0.438. The average molecular weight is 506 g/mol. The Hall–Kier alpha value is -4.30. The lowest BCUT2D eigenvalue weighted by Gasteiger charge is -2.18. The number of halogens is 1. The third kappa shape index (κ3) is 4.63. The molecular weight excluding hydrogens is 482 g/mol. The van der Waals surface area contributed by atoms with Gasteiger partial charge in [-0.1, -0.05) is 29.8 Å². The second-order valence-corrected chi connectivity index (χ2v) is 8.46. The highest BCUT2D eigenvalue weighted by Gasteiger charge is 2.40. The summed E-state index contributed by atoms with van der Waals surface area (Å²) in [6.45, 7) is 3.90. The van der Waals surface area contributed by atoms with Crippen LogP contribution in [0, 0.1) is 13.8 Å². The first kappa shape index (κ1) is 24.8. The molecule has 0 bridgehead atoms. The Morgan fingerprint density at radius 1 is 0.917 bits per heavy atom. The lowest BCUT2D eigenvalue weighted by Crippen LogP contribution is -2.32. The number of aryl methyl sites for hydroxylation is 1. The van der Waals surface area contributed by atoms with Crippen molar-refractivity contribution in [3.8, 4) is 11.5 Å². The summed E-state index contributed by atoms with van der Waals surface area (Å²) in [5, 5.41) is 5.53. The number of imide groups is 1. The molecule has 0 aliphatic carbocycles. The highest BCUT2D eigenvalue weighted by molar-refractivity contribution is 6.53. The molecule has 3 aromatic rings. The van der Waals surface area contributed by atoms with E-state index in [0.717, 1.165) is 16.0 Å². The number of hydrogen-bond acceptors (Lipinski definition) is 6. The van der Waals surface area contributed by atoms with Crippen LogP contribution in [-0.4, -0.2) is 31.9 Å². The fourth-order valence-electron chi connectivity index (χ4n) is 3.76. The molecule has 0 aromatic heterocycles. The Kier molecular flexibility index (Phi) is 6.98. The van der Waals surface area contributed by atoms with Gasteiger partial charge in [-0.15, -0.1) is 0 Å². The highest BCUT2D eigenvalue weighted by atomic mass is 35.5. The number of nitrogens with zero attached hydrogens (tertiary/aromatic N) is 1. The molecule has 0 atom stereocenters. The summed E-state index contributed by atoms with van der Waals surface area (Å²) in [6, 6.07) is 16.9. The molecule has 0 spiro atoms. The minimum atomic E-state index is -0.698. The van der Waals surface area contributed by atoms with Crippen molar-refractivity contribution >= 4 is 46.4 Å². The van der Waals surface area contributed by atoms with Gasteiger partial charge in [-0.2, -0.15) is 0 Å². The van der Waals surface area contributed by atoms with E-state index >= 15 is 0 Å². The number of nitrogens with one attached hydrogen (secondary N) is 2. The van der Waals surface area contributed by atoms with Crippen molar-refractivity contribution in [1.29, 1.82) is 0 Å². The molecule has 0 saturated carbocycles. The summed E-state index contributed by atoms with van der Waals surface area (Å²) in [6.07, 6.45) is 0. The molecule has 8 nitrogen and oxygen atoms in total. The maximum atomic E-state index is 13.2. The number of hydrogen-bond donors (Lipinski definition) is 2. The van der Waals surface area contributed by atoms with Gasteiger partial charge in [-0.05, 0) is 61.4 Å². The lowest BCUT2D eigenvalue weighted by atomic mass is 10.1. The molecule has 0 radical (unpaired) electrons. The zero-order chi connectivity index (χ0) is 26.0. The van der Waals surface area contributed by atoms with Crippen molar-refractivity contribution in [1.82, 2.24) is 0 Å². The molecule has 36 heavy (non-hydrogen) atoms. The number of carbonyl (C=O) groups excluding carboxylic acids is 3. The van der Waals surface area contributed by atoms with E-state index in [1.54, 1.807) is 42.5 Å². The Morgan fingerprint density at radius 2 is 1.67 bits per heavy atom. The molecule has 3 amide bonds. The number of anilines is 3. The minimum Gasteiger partial charge on any atom is -0.497 e. The number of methoxy groups -OCH3 is 2. The van der Waals surface area contributed by atoms with Crippen LogP contribution in [0.2, 0.25) is 0 Å². The first-order chi connectivity index (χ1) is 17.2. The van der Waals surface area contributed by atoms with E-state index in [2.05, 4.69) is 10.6 Å². The SMILES string of the molecule is COc1ccc(N2C(=O)C(Cl)=C(Nc3cccc(C(=O)Nc4cccc(C)c4C)c3)C2=O)c(OC)c1. The van der Waals surface area contributed by atoms with Crippen LogP contribution in [0.15, 0.2) is 71.4 Å². The van der Waals surface area contributed by atoms with Gasteiger partial charge in [-0.3, -0.25) is 14.4 Å². The minimum absolute atomic E-state index is 0.105. The first-order valence-corrected chi connectivity index (χ1v) is 11.4. The van der Waals surface area contributed by atoms with Crippen molar-refractivity contribution < 1.29 is 23.9 Å². The van der Waals surface area contributed by atoms with Crippen molar-refractivity contribution in [2.45, 2.75) is 13.8 Å². The Morgan fingerprint density at radius 3 is 2.39 bits per heavy atom. The summed E-state index contributed by atoms with van der Waals surface area (Å²) >= 11 is 6.27. The van der Waals surface area contributed by atoms with Gasteiger partial charge in [-0.25, -0.2) is 4.90 Å². The standard InChI is InChI=1S/C27H24ClN3O5/c1-15-7-5-10-20(16(15)2)30-25(32)17-8-6-9-18(13-17)29-24-23(28)26(33)31(27(24)34)21-12-11-19(35-3)14-22(21)36-4/h5-14,29H,1-4H3,(H,30,32). The van der Waals surface area contributed by atoms with Crippen LogP contribution >= 0.6 is 11.6 Å². The largest absolute Gasteiger partial charge is 0.497 e. The number of rotatable bonds is 7. The van der Waals surface area contributed by atoms with E-state index in [9.17, 15) is 14.4 Å². The molecule has 4 rings (SSSR count). The van der Waals surface area contributed by atoms with Crippen LogP contribution < -0.4 is 25.0 Å². The Labute approximate surface area is 213 Å². The van der Waals surface area contributed by atoms with E-state index in [-0.39, 0.29) is 28.1 Å². The summed E-state index contributed by atoms with van der Waals surface area (Å²) in [7, 11) is 2.92. The van der Waals surface area contributed by atoms with Gasteiger partial charge < -0.3 is 20.1 Å². The predicted molar refractivity (Wildman–Crippen MR) is 139 cm³/mol. The van der Waals surface area contributed by atoms with Gasteiger partial charge in [0.15, 0.2) is 0 Å². The molecule has 1 aliphatic heterocycles. The van der Waals surface area contributed by atoms with Gasteiger partial charge in [0.1, 0.15) is 22.2 Å². The summed E-state index contributed by atoms with van der Waals surface area (Å²) in [4.78, 5) is 39.9. The van der Waals surface area contributed by atoms with E-state index in [1.807, 2.05) is 32.0 Å². The molecule has 0 saturated heterocycles. The first-order valence-electron chi connectivity index (χ1n) is 11.0. The van der Waals surface area contributed by atoms with Crippen LogP contribution in [0.4, 0.5) is 17.1 Å². The molecular formula is C27H24ClN3O5. The van der Waals surface area contributed by atoms with Crippen molar-refractivity contribution in [2.24, 2.45) is 0 Å². The lowest BCUT2D eigenvalue weighted by molar-refractivity contribution is -0.120. The number of carbonyl (C=O) groups is 3. The molecule has 2 N–H and O–H groups in total. The van der Waals surface area contributed by atoms with E-state index in [0.29, 0.717) is 22.7 Å². The number of benzene rings is 3. The maximum Gasteiger partial charge on any atom is 0.283 e. The van der Waals surface area contributed by atoms with Gasteiger partial charge in [0.25, 0.3) is 17.7 Å². The zero-order valence-corrected chi connectivity index (χ0v) is 20.9. The molecule has 184 valence electrons. The second-order valence-electron chi connectivity index (χ2n) is 8.08. The van der Waals surface area contributed by atoms with Crippen LogP contribution in [0.25, 0.3) is 0 Å². The second kappa shape index (κ2) is 10.1. The monoisotopic (exact) mass is 505 g/mol. The van der Waals surface area contributed by atoms with Crippen LogP contribution in [0.1, 0.15) is 21.5 Å². The normalized spacial score (nSPS) is 13.2. The third-order valence-electron chi connectivity index (χ3n) is 5.90. The molecule has 1 heterocycles. The van der Waals surface area contributed by atoms with Gasteiger partial charge >= 0.3 is 0 Å². The van der Waals surface area contributed by atoms with Crippen molar-refractivity contribution in [2.75, 3.05) is 29.8 Å². The van der Waals surface area contributed by atoms with Crippen molar-refractivity contribution in [3.63, 3.8) is 0 Å². The van der Waals surface area contributed by atoms with Gasteiger partial charge in [0.05, 0.1) is 19.9 Å². The molecule has 0 fully saturated rings. The van der Waals surface area contributed by atoms with Gasteiger partial charge in [0, 0.05) is 23.0 Å². The summed E-state index contributed by atoms with van der Waals surface area (Å²) in [5.41, 5.74) is 3.65. The topological polar surface area (TPSA) is 97.0 Å². The molecule has 3 aromatic carbocycles. The summed E-state index contributed by atoms with van der Waals surface area (Å²) in [5.74, 6) is -0.893. The Bertz CT molecular complexity index is 1420. The van der Waals surface area contributed by atoms with E-state index < -0.39 is 11.8 Å².